The molecule has 49 heavy (non-hydrogen) atoms. The van der Waals surface area contributed by atoms with Crippen molar-refractivity contribution in [2.75, 3.05) is 7.11 Å². The lowest BCUT2D eigenvalue weighted by Crippen LogP contribution is -2.50. The maximum atomic E-state index is 12.7. The summed E-state index contributed by atoms with van der Waals surface area (Å²) >= 11 is 6.06. The highest BCUT2D eigenvalue weighted by atomic mass is 35.5. The van der Waals surface area contributed by atoms with Crippen LogP contribution in [0.3, 0.4) is 0 Å². The summed E-state index contributed by atoms with van der Waals surface area (Å²) in [5, 5.41) is 6.84. The number of aryl methyl sites for hydroxylation is 2. The number of ether oxygens (including phenoxy) is 1. The van der Waals surface area contributed by atoms with E-state index in [-0.39, 0.29) is 11.8 Å². The second-order valence-corrected chi connectivity index (χ2v) is 14.6. The lowest BCUT2D eigenvalue weighted by Gasteiger charge is -2.40. The van der Waals surface area contributed by atoms with Crippen molar-refractivity contribution in [3.8, 4) is 39.5 Å². The zero-order chi connectivity index (χ0) is 33.0. The molecule has 0 radical (unpaired) electrons. The predicted molar refractivity (Wildman–Crippen MR) is 186 cm³/mol. The number of methoxy groups -OCH3 is 1. The Hall–Kier alpha value is -4.89. The molecule has 0 bridgehead atoms. The molecule has 1 aromatic carbocycles. The molecule has 6 aliphatic rings. The van der Waals surface area contributed by atoms with E-state index in [4.69, 9.17) is 21.3 Å². The lowest BCUT2D eigenvalue weighted by molar-refractivity contribution is 0.0867. The Morgan fingerprint density at radius 3 is 1.80 bits per heavy atom. The molecule has 4 aliphatic carbocycles. The van der Waals surface area contributed by atoms with Crippen LogP contribution in [-0.4, -0.2) is 50.9 Å². The van der Waals surface area contributed by atoms with Gasteiger partial charge < -0.3 is 25.3 Å². The normalized spacial score (nSPS) is 23.1. The Labute approximate surface area is 288 Å². The first-order valence-corrected chi connectivity index (χ1v) is 17.7. The van der Waals surface area contributed by atoms with Crippen LogP contribution >= 0.6 is 11.6 Å². The Morgan fingerprint density at radius 2 is 1.27 bits per heavy atom. The van der Waals surface area contributed by atoms with E-state index in [0.717, 1.165) is 113 Å². The minimum absolute atomic E-state index is 0.0899. The largest absolute Gasteiger partial charge is 0.497 e. The fourth-order valence-electron chi connectivity index (χ4n) is 8.92. The number of carbonyl (C=O) groups excluding carboxylic acids is 2. The molecule has 2 fully saturated rings. The molecule has 4 aromatic heterocycles. The fraction of sp³-hybridized carbons (Fsp3) is 0.333. The number of aromatic nitrogens is 4. The number of nitrogens with zero attached hydrogens (tertiary/aromatic N) is 2. The highest BCUT2D eigenvalue weighted by Crippen LogP contribution is 2.48. The van der Waals surface area contributed by atoms with Crippen molar-refractivity contribution in [1.82, 2.24) is 30.6 Å². The standard InChI is InChI=1S/C23H21N3O2.C16H14ClN3O/c1-28-14-5-2-12(3-6-14)19-10-17-13(11-24-19)4-7-16-20-22(26-21(16)17)15-8-9-18(15)25-23(20)27;17-12-5-10-7(6-18-12)1-2-9-13-15(20-14(9)10)8-3-4-11(8)19-16(13)21/h2-3,5-6,10-11,15,18,26H,4,7-9H2,1H3,(H,25,27);5-6,8,11,20H,1-4H2,(H,19,21). The van der Waals surface area contributed by atoms with Crippen molar-refractivity contribution >= 4 is 23.4 Å². The number of amides is 2. The van der Waals surface area contributed by atoms with Gasteiger partial charge in [0.15, 0.2) is 0 Å². The molecule has 2 aliphatic heterocycles. The van der Waals surface area contributed by atoms with Gasteiger partial charge in [-0.2, -0.15) is 0 Å². The van der Waals surface area contributed by atoms with E-state index in [1.807, 2.05) is 42.7 Å². The van der Waals surface area contributed by atoms with E-state index in [1.165, 1.54) is 22.3 Å². The minimum atomic E-state index is 0.0899. The van der Waals surface area contributed by atoms with Crippen LogP contribution in [0.25, 0.3) is 33.8 Å². The zero-order valence-electron chi connectivity index (χ0n) is 27.1. The van der Waals surface area contributed by atoms with Crippen LogP contribution in [0.5, 0.6) is 5.75 Å². The van der Waals surface area contributed by atoms with Crippen LogP contribution in [0, 0.1) is 0 Å². The fourth-order valence-corrected chi connectivity index (χ4v) is 9.08. The summed E-state index contributed by atoms with van der Waals surface area (Å²) in [6.45, 7) is 0. The van der Waals surface area contributed by atoms with Crippen LogP contribution in [0.2, 0.25) is 5.15 Å². The van der Waals surface area contributed by atoms with Gasteiger partial charge in [0.05, 0.1) is 35.3 Å². The first-order chi connectivity index (χ1) is 23.9. The Bertz CT molecular complexity index is 2220. The Morgan fingerprint density at radius 1 is 0.714 bits per heavy atom. The maximum Gasteiger partial charge on any atom is 0.253 e. The first-order valence-electron chi connectivity index (χ1n) is 17.3. The third-order valence-corrected chi connectivity index (χ3v) is 12.0. The summed E-state index contributed by atoms with van der Waals surface area (Å²) < 4.78 is 5.26. The molecule has 10 heteroatoms. The molecular weight excluding hydrogens is 636 g/mol. The summed E-state index contributed by atoms with van der Waals surface area (Å²) in [5.41, 5.74) is 15.4. The van der Waals surface area contributed by atoms with Crippen molar-refractivity contribution in [2.45, 2.75) is 75.3 Å². The van der Waals surface area contributed by atoms with Gasteiger partial charge in [0.1, 0.15) is 10.9 Å². The molecule has 0 spiro atoms. The molecule has 4 atom stereocenters. The van der Waals surface area contributed by atoms with E-state index in [2.05, 4.69) is 31.7 Å². The lowest BCUT2D eigenvalue weighted by atomic mass is 9.73. The van der Waals surface area contributed by atoms with Crippen LogP contribution in [0.4, 0.5) is 0 Å². The monoisotopic (exact) mass is 670 g/mol. The minimum Gasteiger partial charge on any atom is -0.497 e. The van der Waals surface area contributed by atoms with E-state index in [0.29, 0.717) is 29.1 Å². The van der Waals surface area contributed by atoms with Crippen molar-refractivity contribution in [3.05, 3.63) is 98.7 Å². The van der Waals surface area contributed by atoms with E-state index >= 15 is 0 Å². The van der Waals surface area contributed by atoms with Crippen LogP contribution < -0.4 is 15.4 Å². The molecule has 4 N–H and O–H groups in total. The van der Waals surface area contributed by atoms with Gasteiger partial charge in [0.25, 0.3) is 11.8 Å². The van der Waals surface area contributed by atoms with Crippen LogP contribution in [0.15, 0.2) is 48.8 Å². The summed E-state index contributed by atoms with van der Waals surface area (Å²) in [6.07, 6.45) is 11.9. The zero-order valence-corrected chi connectivity index (χ0v) is 27.8. The number of rotatable bonds is 2. The number of carbonyl (C=O) groups is 2. The third-order valence-electron chi connectivity index (χ3n) is 11.8. The van der Waals surface area contributed by atoms with E-state index < -0.39 is 0 Å². The molecule has 2 amide bonds. The van der Waals surface area contributed by atoms with Gasteiger partial charge >= 0.3 is 0 Å². The quantitative estimate of drug-likeness (QED) is 0.156. The highest BCUT2D eigenvalue weighted by molar-refractivity contribution is 6.29. The number of hydrogen-bond acceptors (Lipinski definition) is 5. The van der Waals surface area contributed by atoms with Crippen molar-refractivity contribution in [2.24, 2.45) is 0 Å². The van der Waals surface area contributed by atoms with Crippen LogP contribution in [0.1, 0.15) is 91.9 Å². The molecule has 4 unspecified atom stereocenters. The molecule has 11 rings (SSSR count). The van der Waals surface area contributed by atoms with Crippen molar-refractivity contribution in [1.29, 1.82) is 0 Å². The topological polar surface area (TPSA) is 125 Å². The van der Waals surface area contributed by atoms with Gasteiger partial charge in [-0.3, -0.25) is 14.6 Å². The number of H-pyrrole nitrogens is 2. The summed E-state index contributed by atoms with van der Waals surface area (Å²) in [6, 6.07) is 12.7. The Balaban J connectivity index is 0.000000130. The average Bonchev–Trinajstić information content (AvgIpc) is 3.67. The van der Waals surface area contributed by atoms with Gasteiger partial charge in [-0.25, -0.2) is 4.98 Å². The molecule has 5 aromatic rings. The second kappa shape index (κ2) is 10.8. The number of fused-ring (bicyclic) bond motifs is 14. The first kappa shape index (κ1) is 29.1. The number of aromatic amines is 2. The number of hydrogen-bond donors (Lipinski definition) is 4. The maximum absolute atomic E-state index is 12.7. The predicted octanol–water partition coefficient (Wildman–Crippen LogP) is 6.66. The van der Waals surface area contributed by atoms with Crippen molar-refractivity contribution < 1.29 is 14.3 Å². The van der Waals surface area contributed by atoms with Gasteiger partial charge in [-0.15, -0.1) is 0 Å². The second-order valence-electron chi connectivity index (χ2n) is 14.2. The number of pyridine rings is 2. The van der Waals surface area contributed by atoms with Gasteiger partial charge in [0, 0.05) is 64.4 Å². The van der Waals surface area contributed by atoms with Gasteiger partial charge in [-0.05, 0) is 110 Å². The molecular formula is C39H35ClN6O3. The summed E-state index contributed by atoms with van der Waals surface area (Å²) in [4.78, 5) is 41.2. The Kier molecular flexibility index (Phi) is 6.41. The summed E-state index contributed by atoms with van der Waals surface area (Å²) in [5.74, 6) is 1.93. The molecule has 6 heterocycles. The third kappa shape index (κ3) is 4.37. The number of benzene rings is 1. The molecule has 2 saturated carbocycles. The van der Waals surface area contributed by atoms with Gasteiger partial charge in [0.2, 0.25) is 0 Å². The summed E-state index contributed by atoms with van der Waals surface area (Å²) in [7, 11) is 1.67. The average molecular weight is 671 g/mol. The van der Waals surface area contributed by atoms with Crippen molar-refractivity contribution in [3.63, 3.8) is 0 Å². The number of halogens is 1. The van der Waals surface area contributed by atoms with E-state index in [9.17, 15) is 9.59 Å². The smallest absolute Gasteiger partial charge is 0.253 e. The molecule has 246 valence electrons. The van der Waals surface area contributed by atoms with E-state index in [1.54, 1.807) is 7.11 Å². The molecule has 9 nitrogen and oxygen atoms in total. The SMILES string of the molecule is COc1ccc(-c2cc3c(cn2)CCc2c-3[nH]c3c2C(=O)NC2CCC32)cc1.O=C1NC2CCC2c2[nH]c3c(c21)CCc1cnc(Cl)cc1-3. The van der Waals surface area contributed by atoms with Crippen LogP contribution in [-0.2, 0) is 25.7 Å². The van der Waals surface area contributed by atoms with Gasteiger partial charge in [-0.1, -0.05) is 11.6 Å². The molecule has 0 saturated heterocycles. The number of nitrogens with one attached hydrogen (secondary N) is 4. The highest BCUT2D eigenvalue weighted by Gasteiger charge is 2.45.